The number of para-hydroxylation sites is 1. The van der Waals surface area contributed by atoms with Crippen LogP contribution in [0.3, 0.4) is 0 Å². The zero-order valence-electron chi connectivity index (χ0n) is 15.0. The van der Waals surface area contributed by atoms with Crippen molar-refractivity contribution in [1.82, 2.24) is 0 Å². The number of benzene rings is 2. The monoisotopic (exact) mass is 381 g/mol. The van der Waals surface area contributed by atoms with Gasteiger partial charge >= 0.3 is 0 Å². The number of ether oxygens (including phenoxy) is 1. The number of halogens is 1. The first-order valence-electron chi connectivity index (χ1n) is 9.06. The van der Waals surface area contributed by atoms with Crippen LogP contribution in [0.15, 0.2) is 53.9 Å². The first-order chi connectivity index (χ1) is 13.2. The van der Waals surface area contributed by atoms with E-state index in [0.717, 1.165) is 39.4 Å². The van der Waals surface area contributed by atoms with Gasteiger partial charge in [-0.15, -0.1) is 11.3 Å². The van der Waals surface area contributed by atoms with Crippen LogP contribution < -0.4 is 10.1 Å². The van der Waals surface area contributed by atoms with Crippen molar-refractivity contribution in [2.45, 2.75) is 25.7 Å². The number of hydrogen-bond acceptors (Lipinski definition) is 3. The van der Waals surface area contributed by atoms with Crippen molar-refractivity contribution >= 4 is 22.9 Å². The van der Waals surface area contributed by atoms with E-state index in [9.17, 15) is 9.18 Å². The Morgan fingerprint density at radius 1 is 1.19 bits per heavy atom. The molecule has 3 nitrogen and oxygen atoms in total. The fourth-order valence-corrected chi connectivity index (χ4v) is 4.58. The molecule has 0 saturated heterocycles. The molecule has 0 fully saturated rings. The van der Waals surface area contributed by atoms with Crippen molar-refractivity contribution in [3.05, 3.63) is 70.2 Å². The molecule has 0 aliphatic carbocycles. The number of rotatable bonds is 5. The second-order valence-electron chi connectivity index (χ2n) is 6.59. The average molecular weight is 381 g/mol. The Balaban J connectivity index is 1.77. The lowest BCUT2D eigenvalue weighted by molar-refractivity contribution is -0.116. The molecule has 1 amide bonds. The molecule has 1 aliphatic rings. The highest BCUT2D eigenvalue weighted by atomic mass is 32.1. The summed E-state index contributed by atoms with van der Waals surface area (Å²) in [6.07, 6.45) is 1.32. The zero-order valence-corrected chi connectivity index (χ0v) is 15.8. The lowest BCUT2D eigenvalue weighted by atomic mass is 9.88. The summed E-state index contributed by atoms with van der Waals surface area (Å²) in [4.78, 5) is 13.6. The van der Waals surface area contributed by atoms with Crippen LogP contribution in [-0.2, 0) is 4.79 Å². The Morgan fingerprint density at radius 2 is 1.96 bits per heavy atom. The summed E-state index contributed by atoms with van der Waals surface area (Å²) < 4.78 is 19.2. The Morgan fingerprint density at radius 3 is 2.74 bits per heavy atom. The van der Waals surface area contributed by atoms with Gasteiger partial charge in [-0.05, 0) is 30.2 Å². The number of thiophene rings is 1. The molecule has 2 heterocycles. The molecule has 1 aromatic heterocycles. The molecule has 1 N–H and O–H groups in total. The third-order valence-corrected chi connectivity index (χ3v) is 5.80. The minimum Gasteiger partial charge on any atom is -0.493 e. The smallest absolute Gasteiger partial charge is 0.225 e. The number of hydrogen-bond donors (Lipinski definition) is 1. The van der Waals surface area contributed by atoms with Gasteiger partial charge in [0.15, 0.2) is 0 Å². The maximum absolute atomic E-state index is 13.3. The Hall–Kier alpha value is -2.66. The van der Waals surface area contributed by atoms with Crippen LogP contribution in [0.25, 0.3) is 11.1 Å². The van der Waals surface area contributed by atoms with Crippen LogP contribution in [-0.4, -0.2) is 12.5 Å². The molecule has 1 atom stereocenters. The van der Waals surface area contributed by atoms with E-state index in [1.165, 1.54) is 12.1 Å². The van der Waals surface area contributed by atoms with Gasteiger partial charge in [0.05, 0.1) is 12.3 Å². The van der Waals surface area contributed by atoms with Gasteiger partial charge in [0.1, 0.15) is 11.6 Å². The van der Waals surface area contributed by atoms with E-state index >= 15 is 0 Å². The first-order valence-corrected chi connectivity index (χ1v) is 9.94. The summed E-state index contributed by atoms with van der Waals surface area (Å²) in [5.74, 6) is 0.508. The second-order valence-corrected chi connectivity index (χ2v) is 7.50. The molecule has 2 aromatic carbocycles. The van der Waals surface area contributed by atoms with Crippen LogP contribution in [0, 0.1) is 5.82 Å². The van der Waals surface area contributed by atoms with Crippen LogP contribution in [0.4, 0.5) is 10.1 Å². The first kappa shape index (κ1) is 17.7. The van der Waals surface area contributed by atoms with Gasteiger partial charge in [-0.2, -0.15) is 0 Å². The van der Waals surface area contributed by atoms with E-state index in [0.29, 0.717) is 13.0 Å². The molecular weight excluding hydrogens is 361 g/mol. The molecular formula is C22H20FNO2S. The molecule has 1 unspecified atom stereocenters. The predicted molar refractivity (Wildman–Crippen MR) is 107 cm³/mol. The van der Waals surface area contributed by atoms with E-state index in [1.54, 1.807) is 23.5 Å². The Labute approximate surface area is 161 Å². The molecule has 0 radical (unpaired) electrons. The molecule has 0 spiro atoms. The number of fused-ring (bicyclic) bond motifs is 1. The number of amides is 1. The third kappa shape index (κ3) is 3.47. The van der Waals surface area contributed by atoms with Crippen molar-refractivity contribution in [2.24, 2.45) is 0 Å². The summed E-state index contributed by atoms with van der Waals surface area (Å²) in [5.41, 5.74) is 3.69. The maximum Gasteiger partial charge on any atom is 0.225 e. The summed E-state index contributed by atoms with van der Waals surface area (Å²) in [7, 11) is 0. The molecule has 138 valence electrons. The quantitative estimate of drug-likeness (QED) is 0.605. The fourth-order valence-electron chi connectivity index (χ4n) is 3.43. The lowest BCUT2D eigenvalue weighted by Gasteiger charge is -2.25. The van der Waals surface area contributed by atoms with Gasteiger partial charge in [-0.25, -0.2) is 4.39 Å². The van der Waals surface area contributed by atoms with Gasteiger partial charge < -0.3 is 10.1 Å². The van der Waals surface area contributed by atoms with Crippen molar-refractivity contribution in [2.75, 3.05) is 11.9 Å². The highest BCUT2D eigenvalue weighted by Gasteiger charge is 2.32. The normalized spacial score (nSPS) is 15.9. The van der Waals surface area contributed by atoms with E-state index < -0.39 is 0 Å². The summed E-state index contributed by atoms with van der Waals surface area (Å²) in [6.45, 7) is 2.72. The molecule has 0 bridgehead atoms. The van der Waals surface area contributed by atoms with Crippen LogP contribution in [0.2, 0.25) is 0 Å². The summed E-state index contributed by atoms with van der Waals surface area (Å²) in [5, 5.41) is 5.05. The minimum absolute atomic E-state index is 0.0143. The standard InChI is InChI=1S/C22H20FNO2S/c1-2-11-26-19-6-4-3-5-16(19)17-12-20(25)24-21-18(13-27-22(17)21)14-7-9-15(23)10-8-14/h3-10,13,17H,2,11-12H2,1H3,(H,24,25). The third-order valence-electron chi connectivity index (χ3n) is 4.70. The zero-order chi connectivity index (χ0) is 18.8. The van der Waals surface area contributed by atoms with Crippen molar-refractivity contribution < 1.29 is 13.9 Å². The maximum atomic E-state index is 13.3. The van der Waals surface area contributed by atoms with Gasteiger partial charge in [-0.1, -0.05) is 37.3 Å². The fraction of sp³-hybridized carbons (Fsp3) is 0.227. The number of carbonyl (C=O) groups is 1. The second kappa shape index (κ2) is 7.53. The van der Waals surface area contributed by atoms with E-state index in [2.05, 4.69) is 12.2 Å². The number of nitrogens with one attached hydrogen (secondary N) is 1. The molecule has 4 rings (SSSR count). The summed E-state index contributed by atoms with van der Waals surface area (Å²) in [6, 6.07) is 14.3. The van der Waals surface area contributed by atoms with Crippen LogP contribution >= 0.6 is 11.3 Å². The van der Waals surface area contributed by atoms with Crippen LogP contribution in [0.1, 0.15) is 36.1 Å². The summed E-state index contributed by atoms with van der Waals surface area (Å²) >= 11 is 1.62. The highest BCUT2D eigenvalue weighted by Crippen LogP contribution is 2.48. The van der Waals surface area contributed by atoms with Crippen molar-refractivity contribution in [1.29, 1.82) is 0 Å². The van der Waals surface area contributed by atoms with Gasteiger partial charge in [-0.3, -0.25) is 4.79 Å². The minimum atomic E-state index is -0.272. The van der Waals surface area contributed by atoms with Crippen molar-refractivity contribution in [3.8, 4) is 16.9 Å². The van der Waals surface area contributed by atoms with Crippen LogP contribution in [0.5, 0.6) is 5.75 Å². The van der Waals surface area contributed by atoms with Gasteiger partial charge in [0, 0.05) is 33.7 Å². The van der Waals surface area contributed by atoms with E-state index in [-0.39, 0.29) is 17.6 Å². The average Bonchev–Trinajstić information content (AvgIpc) is 3.10. The van der Waals surface area contributed by atoms with Gasteiger partial charge in [0.2, 0.25) is 5.91 Å². The number of anilines is 1. The molecule has 1 aliphatic heterocycles. The van der Waals surface area contributed by atoms with Gasteiger partial charge in [0.25, 0.3) is 0 Å². The largest absolute Gasteiger partial charge is 0.493 e. The van der Waals surface area contributed by atoms with E-state index in [4.69, 9.17) is 4.74 Å². The predicted octanol–water partition coefficient (Wildman–Crippen LogP) is 5.82. The molecule has 0 saturated carbocycles. The lowest BCUT2D eigenvalue weighted by Crippen LogP contribution is -2.22. The van der Waals surface area contributed by atoms with E-state index in [1.807, 2.05) is 29.6 Å². The highest BCUT2D eigenvalue weighted by molar-refractivity contribution is 7.11. The SMILES string of the molecule is CCCOc1ccccc1C1CC(=O)Nc2c(-c3ccc(F)cc3)csc21. The Kier molecular flexibility index (Phi) is 4.94. The Bertz CT molecular complexity index is 965. The molecule has 27 heavy (non-hydrogen) atoms. The molecule has 5 heteroatoms. The topological polar surface area (TPSA) is 38.3 Å². The number of carbonyl (C=O) groups excluding carboxylic acids is 1. The van der Waals surface area contributed by atoms with Crippen molar-refractivity contribution in [3.63, 3.8) is 0 Å². The molecule has 3 aromatic rings.